The number of anilines is 1. The summed E-state index contributed by atoms with van der Waals surface area (Å²) in [7, 11) is 0. The van der Waals surface area contributed by atoms with Crippen molar-refractivity contribution >= 4 is 35.0 Å². The minimum atomic E-state index is -4.61. The number of aromatic nitrogens is 2. The Balaban J connectivity index is 1.65. The smallest absolute Gasteiger partial charge is 0.325 e. The maximum Gasteiger partial charge on any atom is 0.417 e. The SMILES string of the molecule is O=C(CSc1nc2c(c(=O)[nH]1)CCC2)Nc1ccc(Cl)c(C(F)(F)F)c1. The lowest BCUT2D eigenvalue weighted by Crippen LogP contribution is -2.18. The van der Waals surface area contributed by atoms with E-state index in [1.807, 2.05) is 0 Å². The van der Waals surface area contributed by atoms with Gasteiger partial charge in [-0.1, -0.05) is 23.4 Å². The number of benzene rings is 1. The number of aromatic amines is 1. The van der Waals surface area contributed by atoms with Crippen molar-refractivity contribution in [1.82, 2.24) is 9.97 Å². The number of H-pyrrole nitrogens is 1. The van der Waals surface area contributed by atoms with Crippen molar-refractivity contribution in [2.24, 2.45) is 0 Å². The number of carbonyl (C=O) groups excluding carboxylic acids is 1. The van der Waals surface area contributed by atoms with E-state index in [9.17, 15) is 22.8 Å². The second-order valence-electron chi connectivity index (χ2n) is 5.68. The maximum absolute atomic E-state index is 12.8. The first-order chi connectivity index (χ1) is 12.2. The van der Waals surface area contributed by atoms with Crippen LogP contribution in [0.5, 0.6) is 0 Å². The summed E-state index contributed by atoms with van der Waals surface area (Å²) in [4.78, 5) is 30.8. The molecule has 10 heteroatoms. The van der Waals surface area contributed by atoms with Crippen LogP contribution >= 0.6 is 23.4 Å². The third-order valence-electron chi connectivity index (χ3n) is 3.82. The van der Waals surface area contributed by atoms with Crippen LogP contribution in [0.25, 0.3) is 0 Å². The molecule has 0 atom stereocenters. The highest BCUT2D eigenvalue weighted by molar-refractivity contribution is 7.99. The number of amides is 1. The van der Waals surface area contributed by atoms with Crippen LogP contribution in [-0.4, -0.2) is 21.6 Å². The van der Waals surface area contributed by atoms with E-state index in [0.29, 0.717) is 17.1 Å². The number of alkyl halides is 3. The molecule has 0 radical (unpaired) electrons. The summed E-state index contributed by atoms with van der Waals surface area (Å²) in [5, 5.41) is 2.26. The van der Waals surface area contributed by atoms with Crippen molar-refractivity contribution in [3.8, 4) is 0 Å². The summed E-state index contributed by atoms with van der Waals surface area (Å²) in [6.45, 7) is 0. The van der Waals surface area contributed by atoms with Crippen LogP contribution in [-0.2, 0) is 23.8 Å². The van der Waals surface area contributed by atoms with Gasteiger partial charge in [0.05, 0.1) is 22.0 Å². The zero-order valence-electron chi connectivity index (χ0n) is 13.2. The second-order valence-corrected chi connectivity index (χ2v) is 7.05. The number of thioether (sulfide) groups is 1. The topological polar surface area (TPSA) is 74.8 Å². The molecule has 2 aromatic rings. The van der Waals surface area contributed by atoms with E-state index >= 15 is 0 Å². The number of nitrogens with one attached hydrogen (secondary N) is 2. The van der Waals surface area contributed by atoms with Gasteiger partial charge >= 0.3 is 6.18 Å². The van der Waals surface area contributed by atoms with Gasteiger partial charge < -0.3 is 10.3 Å². The van der Waals surface area contributed by atoms with Gasteiger partial charge in [-0.2, -0.15) is 13.2 Å². The van der Waals surface area contributed by atoms with E-state index < -0.39 is 22.7 Å². The van der Waals surface area contributed by atoms with Gasteiger partial charge in [0.15, 0.2) is 5.16 Å². The molecular weight excluding hydrogens is 391 g/mol. The average Bonchev–Trinajstić information content (AvgIpc) is 3.03. The molecule has 0 saturated carbocycles. The van der Waals surface area contributed by atoms with Crippen molar-refractivity contribution in [2.45, 2.75) is 30.6 Å². The Labute approximate surface area is 155 Å². The minimum absolute atomic E-state index is 0.0114. The van der Waals surface area contributed by atoms with E-state index in [1.54, 1.807) is 0 Å². The van der Waals surface area contributed by atoms with Gasteiger partial charge in [0.2, 0.25) is 5.91 Å². The second kappa shape index (κ2) is 7.32. The number of fused-ring (bicyclic) bond motifs is 1. The fourth-order valence-electron chi connectivity index (χ4n) is 2.64. The molecule has 1 aromatic heterocycles. The molecule has 1 aliphatic rings. The zero-order chi connectivity index (χ0) is 18.9. The third-order valence-corrected chi connectivity index (χ3v) is 5.02. The molecule has 3 rings (SSSR count). The lowest BCUT2D eigenvalue weighted by Gasteiger charge is -2.11. The van der Waals surface area contributed by atoms with Crippen molar-refractivity contribution in [1.29, 1.82) is 0 Å². The summed E-state index contributed by atoms with van der Waals surface area (Å²) in [6.07, 6.45) is -2.32. The molecule has 0 spiro atoms. The molecule has 1 aromatic carbocycles. The molecule has 5 nitrogen and oxygen atoms in total. The van der Waals surface area contributed by atoms with Gasteiger partial charge in [-0.25, -0.2) is 4.98 Å². The summed E-state index contributed by atoms with van der Waals surface area (Å²) in [6, 6.07) is 3.14. The van der Waals surface area contributed by atoms with Crippen molar-refractivity contribution in [3.05, 3.63) is 50.4 Å². The first kappa shape index (κ1) is 18.8. The maximum atomic E-state index is 12.8. The van der Waals surface area contributed by atoms with Crippen molar-refractivity contribution < 1.29 is 18.0 Å². The number of rotatable bonds is 4. The monoisotopic (exact) mass is 403 g/mol. The summed E-state index contributed by atoms with van der Waals surface area (Å²) < 4.78 is 38.5. The Morgan fingerprint density at radius 1 is 1.35 bits per heavy atom. The Hall–Kier alpha value is -2.00. The van der Waals surface area contributed by atoms with E-state index in [0.717, 1.165) is 42.4 Å². The predicted molar refractivity (Wildman–Crippen MR) is 92.7 cm³/mol. The van der Waals surface area contributed by atoms with E-state index in [4.69, 9.17) is 11.6 Å². The highest BCUT2D eigenvalue weighted by Gasteiger charge is 2.33. The lowest BCUT2D eigenvalue weighted by molar-refractivity contribution is -0.137. The Morgan fingerprint density at radius 2 is 2.12 bits per heavy atom. The molecular formula is C16H13ClF3N3O2S. The van der Waals surface area contributed by atoms with E-state index in [-0.39, 0.29) is 17.0 Å². The van der Waals surface area contributed by atoms with Gasteiger partial charge in [0.25, 0.3) is 5.56 Å². The third kappa shape index (κ3) is 4.21. The van der Waals surface area contributed by atoms with Crippen LogP contribution in [0.15, 0.2) is 28.2 Å². The summed E-state index contributed by atoms with van der Waals surface area (Å²) in [5.41, 5.74) is 0.184. The van der Waals surface area contributed by atoms with Crippen LogP contribution in [0, 0.1) is 0 Å². The van der Waals surface area contributed by atoms with Crippen molar-refractivity contribution in [3.63, 3.8) is 0 Å². The molecule has 1 aliphatic carbocycles. The molecule has 0 aliphatic heterocycles. The normalized spacial score (nSPS) is 13.5. The number of aryl methyl sites for hydroxylation is 1. The van der Waals surface area contributed by atoms with E-state index in [1.165, 1.54) is 6.07 Å². The number of halogens is 4. The number of hydrogen-bond acceptors (Lipinski definition) is 4. The Morgan fingerprint density at radius 3 is 2.85 bits per heavy atom. The van der Waals surface area contributed by atoms with Crippen LogP contribution < -0.4 is 10.9 Å². The quantitative estimate of drug-likeness (QED) is 0.603. The fourth-order valence-corrected chi connectivity index (χ4v) is 3.54. The average molecular weight is 404 g/mol. The molecule has 0 unspecified atom stereocenters. The zero-order valence-corrected chi connectivity index (χ0v) is 14.8. The van der Waals surface area contributed by atoms with Gasteiger partial charge in [-0.3, -0.25) is 9.59 Å². The van der Waals surface area contributed by atoms with E-state index in [2.05, 4.69) is 15.3 Å². The van der Waals surface area contributed by atoms with Crippen LogP contribution in [0.1, 0.15) is 23.2 Å². The van der Waals surface area contributed by atoms with Crippen LogP contribution in [0.4, 0.5) is 18.9 Å². The predicted octanol–water partition coefficient (Wildman–Crippen LogP) is 3.66. The minimum Gasteiger partial charge on any atom is -0.325 e. The first-order valence-electron chi connectivity index (χ1n) is 7.65. The molecule has 26 heavy (non-hydrogen) atoms. The molecule has 1 amide bonds. The molecule has 0 fully saturated rings. The standard InChI is InChI=1S/C16H13ClF3N3O2S/c17-11-5-4-8(6-10(11)16(18,19)20)21-13(24)7-26-15-22-12-3-1-2-9(12)14(25)23-15/h4-6H,1-3,7H2,(H,21,24)(H,22,23,25). The van der Waals surface area contributed by atoms with Gasteiger partial charge in [0.1, 0.15) is 0 Å². The van der Waals surface area contributed by atoms with Crippen LogP contribution in [0.3, 0.4) is 0 Å². The van der Waals surface area contributed by atoms with Gasteiger partial charge in [-0.05, 0) is 37.5 Å². The largest absolute Gasteiger partial charge is 0.417 e. The number of hydrogen-bond donors (Lipinski definition) is 2. The Bertz CT molecular complexity index is 915. The molecule has 0 bridgehead atoms. The number of carbonyl (C=O) groups is 1. The van der Waals surface area contributed by atoms with Crippen LogP contribution in [0.2, 0.25) is 5.02 Å². The first-order valence-corrected chi connectivity index (χ1v) is 9.02. The molecule has 1 heterocycles. The van der Waals surface area contributed by atoms with Gasteiger partial charge in [-0.15, -0.1) is 0 Å². The highest BCUT2D eigenvalue weighted by atomic mass is 35.5. The summed E-state index contributed by atoms with van der Waals surface area (Å²) >= 11 is 6.55. The van der Waals surface area contributed by atoms with Crippen molar-refractivity contribution in [2.75, 3.05) is 11.1 Å². The lowest BCUT2D eigenvalue weighted by atomic mass is 10.2. The highest BCUT2D eigenvalue weighted by Crippen LogP contribution is 2.36. The number of nitrogens with zero attached hydrogens (tertiary/aromatic N) is 1. The molecule has 0 saturated heterocycles. The summed E-state index contributed by atoms with van der Waals surface area (Å²) in [5.74, 6) is -0.625. The molecule has 138 valence electrons. The Kier molecular flexibility index (Phi) is 5.29. The van der Waals surface area contributed by atoms with Gasteiger partial charge in [0, 0.05) is 11.3 Å². The molecule has 2 N–H and O–H groups in total. The fraction of sp³-hybridized carbons (Fsp3) is 0.312.